The molecule has 0 radical (unpaired) electrons. The Morgan fingerprint density at radius 3 is 2.65 bits per heavy atom. The fourth-order valence-corrected chi connectivity index (χ4v) is 2.56. The first kappa shape index (κ1) is 12.8. The second-order valence-corrected chi connectivity index (χ2v) is 5.01. The molecule has 1 N–H and O–H groups in total. The number of hydrogen-bond acceptors (Lipinski definition) is 3. The number of aromatic nitrogens is 1. The molecule has 0 saturated heterocycles. The van der Waals surface area contributed by atoms with Gasteiger partial charge in [0.05, 0.1) is 6.04 Å². The van der Waals surface area contributed by atoms with Gasteiger partial charge in [-0.3, -0.25) is 9.78 Å². The van der Waals surface area contributed by atoms with E-state index in [4.69, 9.17) is 0 Å². The largest absolute Gasteiger partial charge is 0.314 e. The molecule has 4 heteroatoms. The number of fused-ring (bicyclic) bond motifs is 1. The van der Waals surface area contributed by atoms with Gasteiger partial charge in [-0.15, -0.1) is 0 Å². The van der Waals surface area contributed by atoms with Gasteiger partial charge >= 0.3 is 0 Å². The topological polar surface area (TPSA) is 45.2 Å². The van der Waals surface area contributed by atoms with Gasteiger partial charge in [0.1, 0.15) is 0 Å². The lowest BCUT2D eigenvalue weighted by atomic mass is 9.95. The standard InChI is InChI=1S/C16H17N3O/c1-19(14-6-8-17-9-7-14)16(20)15-10-12-4-2-3-5-13(12)11-18-15/h2-9,15,18H,10-11H2,1H3. The summed E-state index contributed by atoms with van der Waals surface area (Å²) in [5.74, 6) is 0.0886. The van der Waals surface area contributed by atoms with Crippen LogP contribution in [0.1, 0.15) is 11.1 Å². The Kier molecular flexibility index (Phi) is 3.48. The molecule has 1 aliphatic heterocycles. The molecule has 1 unspecified atom stereocenters. The number of pyridine rings is 1. The average molecular weight is 267 g/mol. The minimum absolute atomic E-state index is 0.0886. The SMILES string of the molecule is CN(C(=O)C1Cc2ccccc2CN1)c1ccncc1. The Morgan fingerprint density at radius 2 is 1.90 bits per heavy atom. The van der Waals surface area contributed by atoms with Crippen LogP contribution in [0.4, 0.5) is 5.69 Å². The number of amides is 1. The van der Waals surface area contributed by atoms with E-state index in [-0.39, 0.29) is 11.9 Å². The zero-order valence-electron chi connectivity index (χ0n) is 11.4. The van der Waals surface area contributed by atoms with Crippen LogP contribution in [-0.2, 0) is 17.8 Å². The molecular formula is C16H17N3O. The molecule has 1 aromatic heterocycles. The first-order valence-electron chi connectivity index (χ1n) is 6.73. The third kappa shape index (κ3) is 2.42. The van der Waals surface area contributed by atoms with E-state index >= 15 is 0 Å². The summed E-state index contributed by atoms with van der Waals surface area (Å²) in [6.07, 6.45) is 4.13. The lowest BCUT2D eigenvalue weighted by molar-refractivity contribution is -0.120. The zero-order valence-corrected chi connectivity index (χ0v) is 11.4. The summed E-state index contributed by atoms with van der Waals surface area (Å²) < 4.78 is 0. The van der Waals surface area contributed by atoms with Crippen molar-refractivity contribution >= 4 is 11.6 Å². The van der Waals surface area contributed by atoms with Gasteiger partial charge in [-0.05, 0) is 29.7 Å². The van der Waals surface area contributed by atoms with E-state index in [1.807, 2.05) is 24.3 Å². The Morgan fingerprint density at radius 1 is 1.20 bits per heavy atom. The summed E-state index contributed by atoms with van der Waals surface area (Å²) >= 11 is 0. The minimum atomic E-state index is -0.164. The third-order valence-corrected chi connectivity index (χ3v) is 3.76. The molecule has 1 amide bonds. The molecule has 102 valence electrons. The van der Waals surface area contributed by atoms with Crippen LogP contribution in [0.25, 0.3) is 0 Å². The van der Waals surface area contributed by atoms with Gasteiger partial charge in [0.2, 0.25) is 5.91 Å². The van der Waals surface area contributed by atoms with E-state index in [0.717, 1.165) is 18.7 Å². The number of rotatable bonds is 2. The Bertz CT molecular complexity index is 612. The van der Waals surface area contributed by atoms with Crippen molar-refractivity contribution in [2.75, 3.05) is 11.9 Å². The van der Waals surface area contributed by atoms with Crippen LogP contribution in [0.15, 0.2) is 48.8 Å². The van der Waals surface area contributed by atoms with Crippen molar-refractivity contribution in [3.63, 3.8) is 0 Å². The molecule has 2 aromatic rings. The van der Waals surface area contributed by atoms with Gasteiger partial charge in [0.15, 0.2) is 0 Å². The van der Waals surface area contributed by atoms with E-state index in [9.17, 15) is 4.79 Å². The predicted octanol–water partition coefficient (Wildman–Crippen LogP) is 1.76. The number of anilines is 1. The van der Waals surface area contributed by atoms with Crippen LogP contribution in [0, 0.1) is 0 Å². The van der Waals surface area contributed by atoms with Crippen LogP contribution in [0.5, 0.6) is 0 Å². The second kappa shape index (κ2) is 5.43. The number of likely N-dealkylation sites (N-methyl/N-ethyl adjacent to an activating group) is 1. The molecule has 3 rings (SSSR count). The van der Waals surface area contributed by atoms with Crippen LogP contribution in [-0.4, -0.2) is 24.0 Å². The Labute approximate surface area is 118 Å². The molecular weight excluding hydrogens is 250 g/mol. The lowest BCUT2D eigenvalue weighted by Crippen LogP contribution is -2.48. The van der Waals surface area contributed by atoms with Gasteiger partial charge in [0, 0.05) is 31.7 Å². The average Bonchev–Trinajstić information content (AvgIpc) is 2.54. The highest BCUT2D eigenvalue weighted by Gasteiger charge is 2.26. The summed E-state index contributed by atoms with van der Waals surface area (Å²) in [6.45, 7) is 0.747. The number of benzene rings is 1. The maximum atomic E-state index is 12.6. The van der Waals surface area contributed by atoms with Crippen molar-refractivity contribution < 1.29 is 4.79 Å². The zero-order chi connectivity index (χ0) is 13.9. The number of carbonyl (C=O) groups excluding carboxylic acids is 1. The summed E-state index contributed by atoms with van der Waals surface area (Å²) in [7, 11) is 1.81. The highest BCUT2D eigenvalue weighted by molar-refractivity contribution is 5.97. The molecule has 2 heterocycles. The van der Waals surface area contributed by atoms with Crippen molar-refractivity contribution in [3.8, 4) is 0 Å². The highest BCUT2D eigenvalue weighted by Crippen LogP contribution is 2.19. The number of nitrogens with one attached hydrogen (secondary N) is 1. The maximum Gasteiger partial charge on any atom is 0.244 e. The van der Waals surface area contributed by atoms with Gasteiger partial charge in [-0.1, -0.05) is 24.3 Å². The molecule has 0 bridgehead atoms. The van der Waals surface area contributed by atoms with Crippen molar-refractivity contribution in [3.05, 3.63) is 59.9 Å². The first-order valence-corrected chi connectivity index (χ1v) is 6.73. The second-order valence-electron chi connectivity index (χ2n) is 5.01. The van der Waals surface area contributed by atoms with E-state index in [0.29, 0.717) is 0 Å². The third-order valence-electron chi connectivity index (χ3n) is 3.76. The van der Waals surface area contributed by atoms with Crippen LogP contribution in [0.3, 0.4) is 0 Å². The molecule has 0 saturated carbocycles. The highest BCUT2D eigenvalue weighted by atomic mass is 16.2. The fraction of sp³-hybridized carbons (Fsp3) is 0.250. The van der Waals surface area contributed by atoms with Gasteiger partial charge < -0.3 is 10.2 Å². The monoisotopic (exact) mass is 267 g/mol. The molecule has 20 heavy (non-hydrogen) atoms. The summed E-state index contributed by atoms with van der Waals surface area (Å²) in [4.78, 5) is 18.2. The van der Waals surface area contributed by atoms with Crippen LogP contribution in [0.2, 0.25) is 0 Å². The maximum absolute atomic E-state index is 12.6. The molecule has 1 atom stereocenters. The van der Waals surface area contributed by atoms with E-state index in [1.165, 1.54) is 11.1 Å². The quantitative estimate of drug-likeness (QED) is 0.901. The van der Waals surface area contributed by atoms with Crippen molar-refractivity contribution in [2.24, 2.45) is 0 Å². The van der Waals surface area contributed by atoms with Crippen LogP contribution < -0.4 is 10.2 Å². The molecule has 0 spiro atoms. The smallest absolute Gasteiger partial charge is 0.244 e. The van der Waals surface area contributed by atoms with Crippen molar-refractivity contribution in [2.45, 2.75) is 19.0 Å². The Hall–Kier alpha value is -2.20. The molecule has 1 aromatic carbocycles. The molecule has 0 aliphatic carbocycles. The molecule has 1 aliphatic rings. The van der Waals surface area contributed by atoms with Crippen molar-refractivity contribution in [1.29, 1.82) is 0 Å². The predicted molar refractivity (Wildman–Crippen MR) is 78.4 cm³/mol. The minimum Gasteiger partial charge on any atom is -0.314 e. The van der Waals surface area contributed by atoms with E-state index in [2.05, 4.69) is 22.4 Å². The first-order chi connectivity index (χ1) is 9.75. The van der Waals surface area contributed by atoms with Crippen LogP contribution >= 0.6 is 0 Å². The lowest BCUT2D eigenvalue weighted by Gasteiger charge is -2.29. The summed E-state index contributed by atoms with van der Waals surface area (Å²) in [6, 6.07) is 11.8. The number of hydrogen-bond donors (Lipinski definition) is 1. The van der Waals surface area contributed by atoms with Gasteiger partial charge in [-0.25, -0.2) is 0 Å². The molecule has 0 fully saturated rings. The van der Waals surface area contributed by atoms with E-state index < -0.39 is 0 Å². The summed E-state index contributed by atoms with van der Waals surface area (Å²) in [5.41, 5.74) is 3.40. The van der Waals surface area contributed by atoms with Gasteiger partial charge in [0.25, 0.3) is 0 Å². The Balaban J connectivity index is 1.76. The number of nitrogens with zero attached hydrogens (tertiary/aromatic N) is 2. The van der Waals surface area contributed by atoms with Gasteiger partial charge in [-0.2, -0.15) is 0 Å². The fourth-order valence-electron chi connectivity index (χ4n) is 2.56. The number of carbonyl (C=O) groups is 1. The normalized spacial score (nSPS) is 17.4. The summed E-state index contributed by atoms with van der Waals surface area (Å²) in [5, 5.41) is 3.32. The van der Waals surface area contributed by atoms with Crippen molar-refractivity contribution in [1.82, 2.24) is 10.3 Å². The molecule has 4 nitrogen and oxygen atoms in total. The van der Waals surface area contributed by atoms with E-state index in [1.54, 1.807) is 24.3 Å².